The Labute approximate surface area is 144 Å². The molecule has 0 bridgehead atoms. The predicted molar refractivity (Wildman–Crippen MR) is 92.9 cm³/mol. The van der Waals surface area contributed by atoms with Gasteiger partial charge in [0, 0.05) is 4.92 Å². The molecule has 4 rings (SSSR count). The van der Waals surface area contributed by atoms with Crippen LogP contribution in [0, 0.1) is 17.0 Å². The quantitative estimate of drug-likeness (QED) is 0.544. The van der Waals surface area contributed by atoms with Crippen molar-refractivity contribution in [3.63, 3.8) is 0 Å². The maximum Gasteiger partial charge on any atom is 0.257 e. The van der Waals surface area contributed by atoms with Crippen molar-refractivity contribution in [2.75, 3.05) is 6.61 Å². The Morgan fingerprint density at radius 3 is 2.40 bits per heavy atom. The Morgan fingerprint density at radius 2 is 1.76 bits per heavy atom. The molecule has 0 saturated carbocycles. The first-order valence-corrected chi connectivity index (χ1v) is 8.13. The van der Waals surface area contributed by atoms with Gasteiger partial charge in [0.1, 0.15) is 0 Å². The molecule has 0 fully saturated rings. The SMILES string of the molecule is Cc1nn(-c2ccccc2)c2c1[C@H](c1ccccc1)[C@@H]([N+](=O)[O-])CO2. The number of aromatic nitrogens is 2. The third kappa shape index (κ3) is 2.55. The number of para-hydroxylation sites is 1. The van der Waals surface area contributed by atoms with Crippen LogP contribution < -0.4 is 4.74 Å². The summed E-state index contributed by atoms with van der Waals surface area (Å²) in [6.07, 6.45) is 0. The number of rotatable bonds is 3. The van der Waals surface area contributed by atoms with Crippen LogP contribution in [0.3, 0.4) is 0 Å². The molecule has 126 valence electrons. The van der Waals surface area contributed by atoms with Crippen molar-refractivity contribution in [3.05, 3.63) is 87.6 Å². The summed E-state index contributed by atoms with van der Waals surface area (Å²) in [6.45, 7) is 1.90. The highest BCUT2D eigenvalue weighted by Gasteiger charge is 2.43. The molecular formula is C19H17N3O3. The van der Waals surface area contributed by atoms with E-state index in [0.29, 0.717) is 5.88 Å². The fraction of sp³-hybridized carbons (Fsp3) is 0.211. The molecule has 3 aromatic rings. The van der Waals surface area contributed by atoms with Gasteiger partial charge in [-0.25, -0.2) is 4.68 Å². The lowest BCUT2D eigenvalue weighted by atomic mass is 9.84. The van der Waals surface area contributed by atoms with E-state index in [-0.39, 0.29) is 17.4 Å². The minimum atomic E-state index is -0.831. The van der Waals surface area contributed by atoms with Gasteiger partial charge in [0.25, 0.3) is 6.04 Å². The van der Waals surface area contributed by atoms with Crippen molar-refractivity contribution in [3.8, 4) is 11.6 Å². The molecule has 0 amide bonds. The minimum absolute atomic E-state index is 0.0253. The summed E-state index contributed by atoms with van der Waals surface area (Å²) in [5.74, 6) is 0.216. The standard InChI is InChI=1S/C19H17N3O3/c1-13-17-18(14-8-4-2-5-9-14)16(22(23)24)12-25-19(17)21(20-13)15-10-6-3-7-11-15/h2-11,16,18H,12H2,1H3/t16-,18+/m0/s1. The number of ether oxygens (including phenoxy) is 1. The molecule has 0 saturated heterocycles. The topological polar surface area (TPSA) is 70.2 Å². The monoisotopic (exact) mass is 335 g/mol. The van der Waals surface area contributed by atoms with Crippen molar-refractivity contribution in [1.82, 2.24) is 9.78 Å². The smallest absolute Gasteiger partial charge is 0.257 e. The Bertz CT molecular complexity index is 906. The highest BCUT2D eigenvalue weighted by atomic mass is 16.6. The zero-order valence-electron chi connectivity index (χ0n) is 13.7. The van der Waals surface area contributed by atoms with E-state index in [0.717, 1.165) is 22.5 Å². The molecule has 2 atom stereocenters. The largest absolute Gasteiger partial charge is 0.470 e. The maximum atomic E-state index is 11.6. The van der Waals surface area contributed by atoms with Crippen LogP contribution >= 0.6 is 0 Å². The van der Waals surface area contributed by atoms with Gasteiger partial charge >= 0.3 is 0 Å². The molecule has 0 aliphatic carbocycles. The van der Waals surface area contributed by atoms with Crippen molar-refractivity contribution in [1.29, 1.82) is 0 Å². The number of fused-ring (bicyclic) bond motifs is 1. The van der Waals surface area contributed by atoms with Crippen molar-refractivity contribution in [2.24, 2.45) is 0 Å². The third-order valence-electron chi connectivity index (χ3n) is 4.58. The normalized spacial score (nSPS) is 19.1. The average Bonchev–Trinajstić information content (AvgIpc) is 2.99. The van der Waals surface area contributed by atoms with Gasteiger partial charge in [0.2, 0.25) is 5.88 Å². The van der Waals surface area contributed by atoms with Gasteiger partial charge in [-0.1, -0.05) is 48.5 Å². The van der Waals surface area contributed by atoms with E-state index in [1.54, 1.807) is 4.68 Å². The first kappa shape index (κ1) is 15.4. The van der Waals surface area contributed by atoms with E-state index in [1.807, 2.05) is 67.6 Å². The molecular weight excluding hydrogens is 318 g/mol. The molecule has 1 aliphatic rings. The van der Waals surface area contributed by atoms with Crippen LogP contribution in [0.15, 0.2) is 60.7 Å². The van der Waals surface area contributed by atoms with Gasteiger partial charge in [-0.05, 0) is 24.6 Å². The van der Waals surface area contributed by atoms with Crippen LogP contribution in [0.25, 0.3) is 5.69 Å². The van der Waals surface area contributed by atoms with Crippen LogP contribution in [0.2, 0.25) is 0 Å². The molecule has 6 nitrogen and oxygen atoms in total. The summed E-state index contributed by atoms with van der Waals surface area (Å²) < 4.78 is 7.55. The van der Waals surface area contributed by atoms with Crippen LogP contribution in [0.1, 0.15) is 22.7 Å². The van der Waals surface area contributed by atoms with Crippen LogP contribution in [0.4, 0.5) is 0 Å². The lowest BCUT2D eigenvalue weighted by Crippen LogP contribution is -2.38. The fourth-order valence-corrected chi connectivity index (χ4v) is 3.44. The van der Waals surface area contributed by atoms with Crippen molar-refractivity contribution < 1.29 is 9.66 Å². The van der Waals surface area contributed by atoms with Crippen LogP contribution in [0.5, 0.6) is 5.88 Å². The fourth-order valence-electron chi connectivity index (χ4n) is 3.44. The number of hydrogen-bond donors (Lipinski definition) is 0. The second kappa shape index (κ2) is 6.05. The van der Waals surface area contributed by atoms with Crippen LogP contribution in [-0.4, -0.2) is 27.4 Å². The van der Waals surface area contributed by atoms with E-state index in [1.165, 1.54) is 0 Å². The molecule has 2 aromatic carbocycles. The highest BCUT2D eigenvalue weighted by Crippen LogP contribution is 2.42. The number of nitrogens with zero attached hydrogens (tertiary/aromatic N) is 3. The molecule has 1 aromatic heterocycles. The van der Waals surface area contributed by atoms with E-state index in [2.05, 4.69) is 5.10 Å². The van der Waals surface area contributed by atoms with E-state index < -0.39 is 6.04 Å². The lowest BCUT2D eigenvalue weighted by Gasteiger charge is -2.27. The Kier molecular flexibility index (Phi) is 3.72. The zero-order chi connectivity index (χ0) is 17.4. The first-order chi connectivity index (χ1) is 12.2. The zero-order valence-corrected chi connectivity index (χ0v) is 13.7. The maximum absolute atomic E-state index is 11.6. The Balaban J connectivity index is 1.90. The van der Waals surface area contributed by atoms with Gasteiger partial charge in [-0.15, -0.1) is 0 Å². The van der Waals surface area contributed by atoms with Gasteiger partial charge in [-0.2, -0.15) is 5.10 Å². The summed E-state index contributed by atoms with van der Waals surface area (Å²) >= 11 is 0. The number of nitro groups is 1. The second-order valence-corrected chi connectivity index (χ2v) is 6.10. The van der Waals surface area contributed by atoms with Gasteiger partial charge < -0.3 is 4.74 Å². The Morgan fingerprint density at radius 1 is 1.12 bits per heavy atom. The molecule has 0 unspecified atom stereocenters. The number of aryl methyl sites for hydroxylation is 1. The first-order valence-electron chi connectivity index (χ1n) is 8.13. The summed E-state index contributed by atoms with van der Waals surface area (Å²) in [5, 5.41) is 16.2. The molecule has 25 heavy (non-hydrogen) atoms. The molecule has 1 aliphatic heterocycles. The average molecular weight is 335 g/mol. The summed E-state index contributed by atoms with van der Waals surface area (Å²) in [5.41, 5.74) is 3.32. The second-order valence-electron chi connectivity index (χ2n) is 6.10. The number of benzene rings is 2. The van der Waals surface area contributed by atoms with Gasteiger partial charge in [-0.3, -0.25) is 10.1 Å². The number of hydrogen-bond acceptors (Lipinski definition) is 4. The van der Waals surface area contributed by atoms with Crippen molar-refractivity contribution in [2.45, 2.75) is 18.9 Å². The molecule has 2 heterocycles. The molecule has 0 radical (unpaired) electrons. The van der Waals surface area contributed by atoms with E-state index in [9.17, 15) is 10.1 Å². The lowest BCUT2D eigenvalue weighted by molar-refractivity contribution is -0.528. The van der Waals surface area contributed by atoms with Gasteiger partial charge in [0.15, 0.2) is 6.61 Å². The summed E-state index contributed by atoms with van der Waals surface area (Å²) in [4.78, 5) is 11.4. The Hall–Kier alpha value is -3.15. The minimum Gasteiger partial charge on any atom is -0.470 e. The third-order valence-corrected chi connectivity index (χ3v) is 4.58. The van der Waals surface area contributed by atoms with Crippen LogP contribution in [-0.2, 0) is 0 Å². The summed E-state index contributed by atoms with van der Waals surface area (Å²) in [6, 6.07) is 18.4. The predicted octanol–water partition coefficient (Wildman–Crippen LogP) is 3.35. The van der Waals surface area contributed by atoms with Gasteiger partial charge in [0.05, 0.1) is 22.9 Å². The molecule has 0 spiro atoms. The summed E-state index contributed by atoms with van der Waals surface area (Å²) in [7, 11) is 0. The van der Waals surface area contributed by atoms with E-state index in [4.69, 9.17) is 4.74 Å². The molecule has 0 N–H and O–H groups in total. The highest BCUT2D eigenvalue weighted by molar-refractivity contribution is 5.48. The van der Waals surface area contributed by atoms with E-state index >= 15 is 0 Å². The molecule has 6 heteroatoms. The van der Waals surface area contributed by atoms with Crippen molar-refractivity contribution >= 4 is 0 Å².